The molecule has 0 aliphatic rings. The molecule has 0 atom stereocenters. The van der Waals surface area contributed by atoms with Gasteiger partial charge in [-0.3, -0.25) is 0 Å². The summed E-state index contributed by atoms with van der Waals surface area (Å²) in [5, 5.41) is 7.36. The van der Waals surface area contributed by atoms with Crippen molar-refractivity contribution < 1.29 is 4.74 Å². The second-order valence-corrected chi connectivity index (χ2v) is 6.62. The molecule has 0 saturated carbocycles. The lowest BCUT2D eigenvalue weighted by Gasteiger charge is -2.11. The lowest BCUT2D eigenvalue weighted by atomic mass is 10.1. The molecule has 0 saturated heterocycles. The lowest BCUT2D eigenvalue weighted by Crippen LogP contribution is -2.11. The zero-order chi connectivity index (χ0) is 19.1. The van der Waals surface area contributed by atoms with Gasteiger partial charge in [0.1, 0.15) is 11.6 Å². The normalized spacial score (nSPS) is 10.5. The highest BCUT2D eigenvalue weighted by atomic mass is 35.5. The van der Waals surface area contributed by atoms with Crippen LogP contribution in [0.5, 0.6) is 5.75 Å². The number of ether oxygens (including phenoxy) is 1. The van der Waals surface area contributed by atoms with E-state index in [2.05, 4.69) is 26.7 Å². The minimum Gasteiger partial charge on any atom is -0.496 e. The van der Waals surface area contributed by atoms with Gasteiger partial charge in [-0.05, 0) is 42.7 Å². The number of nitrogens with one attached hydrogen (secondary N) is 2. The van der Waals surface area contributed by atoms with E-state index in [1.807, 2.05) is 55.5 Å². The van der Waals surface area contributed by atoms with E-state index in [0.717, 1.165) is 46.4 Å². The predicted octanol–water partition coefficient (Wildman–Crippen LogP) is 4.71. The van der Waals surface area contributed by atoms with Gasteiger partial charge in [-0.1, -0.05) is 41.9 Å². The van der Waals surface area contributed by atoms with Gasteiger partial charge >= 0.3 is 0 Å². The molecule has 0 bridgehead atoms. The van der Waals surface area contributed by atoms with Gasteiger partial charge in [-0.15, -0.1) is 0 Å². The first-order valence-corrected chi connectivity index (χ1v) is 9.21. The quantitative estimate of drug-likeness (QED) is 0.590. The summed E-state index contributed by atoms with van der Waals surface area (Å²) in [6.07, 6.45) is 0.828. The van der Waals surface area contributed by atoms with Crippen LogP contribution in [-0.2, 0) is 13.0 Å². The Labute approximate surface area is 164 Å². The van der Waals surface area contributed by atoms with Crippen LogP contribution in [0.3, 0.4) is 0 Å². The highest BCUT2D eigenvalue weighted by Crippen LogP contribution is 2.18. The molecule has 0 amide bonds. The largest absolute Gasteiger partial charge is 0.496 e. The highest BCUT2D eigenvalue weighted by Gasteiger charge is 2.05. The van der Waals surface area contributed by atoms with Gasteiger partial charge in [0.05, 0.1) is 7.11 Å². The van der Waals surface area contributed by atoms with Crippen LogP contribution in [0.2, 0.25) is 5.02 Å². The summed E-state index contributed by atoms with van der Waals surface area (Å²) in [5.41, 5.74) is 3.20. The van der Waals surface area contributed by atoms with E-state index in [-0.39, 0.29) is 0 Å². The molecule has 3 rings (SSSR count). The fourth-order valence-electron chi connectivity index (χ4n) is 2.75. The van der Waals surface area contributed by atoms with Crippen LogP contribution in [0.25, 0.3) is 0 Å². The Bertz CT molecular complexity index is 884. The number of hydrogen-bond acceptors (Lipinski definition) is 5. The predicted molar refractivity (Wildman–Crippen MR) is 111 cm³/mol. The first kappa shape index (κ1) is 19.0. The molecular formula is C21H23ClN4O. The average Bonchev–Trinajstić information content (AvgIpc) is 2.67. The van der Waals surface area contributed by atoms with Crippen molar-refractivity contribution in [1.82, 2.24) is 9.97 Å². The Balaban J connectivity index is 1.58. The molecule has 27 heavy (non-hydrogen) atoms. The fourth-order valence-corrected chi connectivity index (χ4v) is 2.88. The number of aryl methyl sites for hydroxylation is 1. The van der Waals surface area contributed by atoms with Crippen molar-refractivity contribution in [2.45, 2.75) is 19.9 Å². The lowest BCUT2D eigenvalue weighted by molar-refractivity contribution is 0.410. The first-order chi connectivity index (χ1) is 13.1. The molecule has 0 aliphatic carbocycles. The molecule has 2 aromatic carbocycles. The third-order valence-corrected chi connectivity index (χ3v) is 4.36. The summed E-state index contributed by atoms with van der Waals surface area (Å²) in [6.45, 7) is 3.36. The third-order valence-electron chi connectivity index (χ3n) is 4.11. The number of hydrogen-bond donors (Lipinski definition) is 2. The minimum absolute atomic E-state index is 0.614. The number of anilines is 2. The van der Waals surface area contributed by atoms with Crippen molar-refractivity contribution >= 4 is 23.4 Å². The van der Waals surface area contributed by atoms with E-state index >= 15 is 0 Å². The van der Waals surface area contributed by atoms with Gasteiger partial charge < -0.3 is 15.4 Å². The summed E-state index contributed by atoms with van der Waals surface area (Å²) < 4.78 is 5.39. The number of nitrogens with zero attached hydrogens (tertiary/aromatic N) is 2. The number of rotatable bonds is 8. The van der Waals surface area contributed by atoms with Gasteiger partial charge in [0, 0.05) is 29.9 Å². The van der Waals surface area contributed by atoms with Crippen LogP contribution in [0.15, 0.2) is 54.6 Å². The van der Waals surface area contributed by atoms with Crippen molar-refractivity contribution in [2.75, 3.05) is 24.3 Å². The number of halogens is 1. The molecule has 2 N–H and O–H groups in total. The number of aromatic nitrogens is 2. The van der Waals surface area contributed by atoms with Crippen LogP contribution in [0, 0.1) is 6.92 Å². The summed E-state index contributed by atoms with van der Waals surface area (Å²) in [6, 6.07) is 17.7. The van der Waals surface area contributed by atoms with Gasteiger partial charge in [0.2, 0.25) is 5.95 Å². The molecule has 0 aliphatic heterocycles. The van der Waals surface area contributed by atoms with E-state index in [1.54, 1.807) is 7.11 Å². The zero-order valence-electron chi connectivity index (χ0n) is 15.5. The molecule has 0 fully saturated rings. The van der Waals surface area contributed by atoms with Crippen LogP contribution >= 0.6 is 11.6 Å². The second-order valence-electron chi connectivity index (χ2n) is 6.19. The number of methoxy groups -OCH3 is 1. The molecule has 140 valence electrons. The smallest absolute Gasteiger partial charge is 0.224 e. The third kappa shape index (κ3) is 5.59. The summed E-state index contributed by atoms with van der Waals surface area (Å²) in [5.74, 6) is 2.30. The molecular weight excluding hydrogens is 360 g/mol. The Morgan fingerprint density at radius 2 is 1.78 bits per heavy atom. The molecule has 0 unspecified atom stereocenters. The number of para-hydroxylation sites is 1. The van der Waals surface area contributed by atoms with Crippen LogP contribution in [-0.4, -0.2) is 23.6 Å². The maximum absolute atomic E-state index is 5.93. The SMILES string of the molecule is COc1ccccc1CCNc1nc(C)cc(NCc2ccc(Cl)cc2)n1. The fraction of sp³-hybridized carbons (Fsp3) is 0.238. The Hall–Kier alpha value is -2.79. The van der Waals surface area contributed by atoms with Crippen LogP contribution < -0.4 is 15.4 Å². The summed E-state index contributed by atoms with van der Waals surface area (Å²) in [7, 11) is 1.69. The van der Waals surface area contributed by atoms with Crippen molar-refractivity contribution in [3.05, 3.63) is 76.4 Å². The molecule has 1 heterocycles. The molecule has 0 radical (unpaired) electrons. The first-order valence-electron chi connectivity index (χ1n) is 8.84. The molecule has 5 nitrogen and oxygen atoms in total. The standard InChI is InChI=1S/C21H23ClN4O/c1-15-13-20(24-14-16-7-9-18(22)10-8-16)26-21(25-15)23-12-11-17-5-3-4-6-19(17)27-2/h3-10,13H,11-12,14H2,1-2H3,(H2,23,24,25,26). The minimum atomic E-state index is 0.614. The molecule has 3 aromatic rings. The molecule has 1 aromatic heterocycles. The monoisotopic (exact) mass is 382 g/mol. The summed E-state index contributed by atoms with van der Waals surface area (Å²) in [4.78, 5) is 9.01. The van der Waals surface area contributed by atoms with Crippen molar-refractivity contribution in [2.24, 2.45) is 0 Å². The van der Waals surface area contributed by atoms with Crippen LogP contribution in [0.1, 0.15) is 16.8 Å². The van der Waals surface area contributed by atoms with E-state index in [9.17, 15) is 0 Å². The Morgan fingerprint density at radius 3 is 2.56 bits per heavy atom. The van der Waals surface area contributed by atoms with Gasteiger partial charge in [-0.2, -0.15) is 4.98 Å². The second kappa shape index (κ2) is 9.24. The van der Waals surface area contributed by atoms with Gasteiger partial charge in [0.25, 0.3) is 0 Å². The van der Waals surface area contributed by atoms with Gasteiger partial charge in [0.15, 0.2) is 0 Å². The van der Waals surface area contributed by atoms with Crippen LogP contribution in [0.4, 0.5) is 11.8 Å². The van der Waals surface area contributed by atoms with Crippen molar-refractivity contribution in [3.63, 3.8) is 0 Å². The van der Waals surface area contributed by atoms with Gasteiger partial charge in [-0.25, -0.2) is 4.98 Å². The summed E-state index contributed by atoms with van der Waals surface area (Å²) >= 11 is 5.93. The average molecular weight is 383 g/mol. The van der Waals surface area contributed by atoms with Crippen molar-refractivity contribution in [3.8, 4) is 5.75 Å². The van der Waals surface area contributed by atoms with E-state index < -0.39 is 0 Å². The Morgan fingerprint density at radius 1 is 1.00 bits per heavy atom. The highest BCUT2D eigenvalue weighted by molar-refractivity contribution is 6.30. The molecule has 0 spiro atoms. The maximum atomic E-state index is 5.93. The van der Waals surface area contributed by atoms with E-state index in [0.29, 0.717) is 12.5 Å². The maximum Gasteiger partial charge on any atom is 0.224 e. The zero-order valence-corrected chi connectivity index (χ0v) is 16.3. The van der Waals surface area contributed by atoms with E-state index in [4.69, 9.17) is 16.3 Å². The van der Waals surface area contributed by atoms with Crippen molar-refractivity contribution in [1.29, 1.82) is 0 Å². The Kier molecular flexibility index (Phi) is 6.49. The molecule has 6 heteroatoms. The number of benzene rings is 2. The van der Waals surface area contributed by atoms with E-state index in [1.165, 1.54) is 0 Å². The topological polar surface area (TPSA) is 59.1 Å².